The average molecular weight is 298 g/mol. The number of aryl methyl sites for hydroxylation is 1. The van der Waals surface area contributed by atoms with Crippen molar-refractivity contribution in [1.29, 1.82) is 0 Å². The molecule has 1 aliphatic carbocycles. The highest BCUT2D eigenvalue weighted by Crippen LogP contribution is 2.33. The Bertz CT molecular complexity index is 434. The maximum absolute atomic E-state index is 9.92. The zero-order chi connectivity index (χ0) is 14.5. The topological polar surface area (TPSA) is 41.5 Å². The van der Waals surface area contributed by atoms with Crippen molar-refractivity contribution in [2.45, 2.75) is 45.3 Å². The number of hydrogen-bond acceptors (Lipinski definition) is 3. The standard InChI is InChI=1S/C16H24ClNO2/c1-11-7-15(5-6-16(11)17)20-10-14(19)9-18-12(2)8-13-3-4-13/h5-7,12-14,18-19H,3-4,8-10H2,1-2H3/t12-,14-/m1/s1. The third-order valence-corrected chi connectivity index (χ3v) is 4.08. The van der Waals surface area contributed by atoms with Gasteiger partial charge in [0.1, 0.15) is 18.5 Å². The molecule has 1 aliphatic rings. The third kappa shape index (κ3) is 5.31. The van der Waals surface area contributed by atoms with Crippen LogP contribution in [0.3, 0.4) is 0 Å². The van der Waals surface area contributed by atoms with Crippen LogP contribution in [0.2, 0.25) is 5.02 Å². The summed E-state index contributed by atoms with van der Waals surface area (Å²) in [4.78, 5) is 0. The van der Waals surface area contributed by atoms with Crippen molar-refractivity contribution in [1.82, 2.24) is 5.32 Å². The van der Waals surface area contributed by atoms with Gasteiger partial charge in [-0.1, -0.05) is 24.4 Å². The number of benzene rings is 1. The summed E-state index contributed by atoms with van der Waals surface area (Å²) in [5.41, 5.74) is 0.981. The lowest BCUT2D eigenvalue weighted by molar-refractivity contribution is 0.103. The monoisotopic (exact) mass is 297 g/mol. The molecule has 4 heteroatoms. The van der Waals surface area contributed by atoms with Gasteiger partial charge in [0.25, 0.3) is 0 Å². The predicted molar refractivity (Wildman–Crippen MR) is 82.5 cm³/mol. The lowest BCUT2D eigenvalue weighted by Crippen LogP contribution is -2.36. The quantitative estimate of drug-likeness (QED) is 0.774. The molecule has 0 spiro atoms. The molecule has 1 saturated carbocycles. The van der Waals surface area contributed by atoms with Crippen LogP contribution in [0.1, 0.15) is 31.7 Å². The number of aliphatic hydroxyl groups excluding tert-OH is 1. The molecule has 2 rings (SSSR count). The van der Waals surface area contributed by atoms with E-state index >= 15 is 0 Å². The van der Waals surface area contributed by atoms with E-state index in [-0.39, 0.29) is 0 Å². The summed E-state index contributed by atoms with van der Waals surface area (Å²) in [6, 6.07) is 5.99. The summed E-state index contributed by atoms with van der Waals surface area (Å²) in [5, 5.41) is 14.0. The van der Waals surface area contributed by atoms with Crippen LogP contribution in [0, 0.1) is 12.8 Å². The molecule has 112 valence electrons. The minimum absolute atomic E-state index is 0.296. The van der Waals surface area contributed by atoms with Gasteiger partial charge in [0.2, 0.25) is 0 Å². The second-order valence-electron chi connectivity index (χ2n) is 5.86. The largest absolute Gasteiger partial charge is 0.491 e. The minimum atomic E-state index is -0.493. The van der Waals surface area contributed by atoms with Crippen LogP contribution in [-0.2, 0) is 0 Å². The van der Waals surface area contributed by atoms with E-state index in [1.165, 1.54) is 19.3 Å². The molecular weight excluding hydrogens is 274 g/mol. The predicted octanol–water partition coefficient (Wildman–Crippen LogP) is 3.17. The van der Waals surface area contributed by atoms with Gasteiger partial charge in [-0.25, -0.2) is 0 Å². The van der Waals surface area contributed by atoms with E-state index in [1.807, 2.05) is 25.1 Å². The van der Waals surface area contributed by atoms with Gasteiger partial charge in [-0.2, -0.15) is 0 Å². The van der Waals surface area contributed by atoms with Gasteiger partial charge in [-0.3, -0.25) is 0 Å². The van der Waals surface area contributed by atoms with Crippen LogP contribution in [0.15, 0.2) is 18.2 Å². The lowest BCUT2D eigenvalue weighted by atomic mass is 10.1. The van der Waals surface area contributed by atoms with E-state index < -0.39 is 6.10 Å². The first kappa shape index (κ1) is 15.6. The molecule has 0 bridgehead atoms. The summed E-state index contributed by atoms with van der Waals surface area (Å²) in [6.07, 6.45) is 3.46. The van der Waals surface area contributed by atoms with Crippen molar-refractivity contribution in [3.8, 4) is 5.75 Å². The van der Waals surface area contributed by atoms with E-state index in [2.05, 4.69) is 12.2 Å². The molecule has 2 N–H and O–H groups in total. The zero-order valence-corrected chi connectivity index (χ0v) is 13.0. The fourth-order valence-corrected chi connectivity index (χ4v) is 2.35. The van der Waals surface area contributed by atoms with E-state index in [4.69, 9.17) is 16.3 Å². The first-order valence-corrected chi connectivity index (χ1v) is 7.73. The molecule has 0 radical (unpaired) electrons. The number of aliphatic hydroxyl groups is 1. The second kappa shape index (κ2) is 7.30. The lowest BCUT2D eigenvalue weighted by Gasteiger charge is -2.17. The van der Waals surface area contributed by atoms with E-state index in [1.54, 1.807) is 0 Å². The van der Waals surface area contributed by atoms with Gasteiger partial charge in [-0.15, -0.1) is 0 Å². The number of nitrogens with one attached hydrogen (secondary N) is 1. The maximum Gasteiger partial charge on any atom is 0.119 e. The van der Waals surface area contributed by atoms with Crippen LogP contribution in [0.4, 0.5) is 0 Å². The summed E-state index contributed by atoms with van der Waals surface area (Å²) < 4.78 is 5.58. The molecule has 1 aromatic carbocycles. The van der Waals surface area contributed by atoms with Gasteiger partial charge in [0.15, 0.2) is 0 Å². The Morgan fingerprint density at radius 2 is 2.20 bits per heavy atom. The molecule has 1 aromatic rings. The molecule has 3 nitrogen and oxygen atoms in total. The highest BCUT2D eigenvalue weighted by atomic mass is 35.5. The van der Waals surface area contributed by atoms with Gasteiger partial charge >= 0.3 is 0 Å². The fourth-order valence-electron chi connectivity index (χ4n) is 2.23. The Labute approximate surface area is 126 Å². The van der Waals surface area contributed by atoms with Crippen molar-refractivity contribution in [2.75, 3.05) is 13.2 Å². The van der Waals surface area contributed by atoms with Crippen molar-refractivity contribution >= 4 is 11.6 Å². The van der Waals surface area contributed by atoms with Gasteiger partial charge < -0.3 is 15.2 Å². The second-order valence-corrected chi connectivity index (χ2v) is 6.27. The summed E-state index contributed by atoms with van der Waals surface area (Å²) in [7, 11) is 0. The third-order valence-electron chi connectivity index (χ3n) is 3.66. The van der Waals surface area contributed by atoms with Gasteiger partial charge in [0, 0.05) is 17.6 Å². The summed E-state index contributed by atoms with van der Waals surface area (Å²) >= 11 is 5.96. The molecular formula is C16H24ClNO2. The minimum Gasteiger partial charge on any atom is -0.491 e. The number of halogens is 1. The fraction of sp³-hybridized carbons (Fsp3) is 0.625. The molecule has 2 atom stereocenters. The van der Waals surface area contributed by atoms with Gasteiger partial charge in [0.05, 0.1) is 0 Å². The molecule has 0 unspecified atom stereocenters. The summed E-state index contributed by atoms with van der Waals surface area (Å²) in [6.45, 7) is 4.98. The molecule has 0 amide bonds. The first-order chi connectivity index (χ1) is 9.54. The van der Waals surface area contributed by atoms with E-state index in [9.17, 15) is 5.11 Å². The normalized spacial score (nSPS) is 17.8. The zero-order valence-electron chi connectivity index (χ0n) is 12.2. The number of ether oxygens (including phenoxy) is 1. The SMILES string of the molecule is Cc1cc(OC[C@H](O)CN[C@H](C)CC2CC2)ccc1Cl. The molecule has 1 fully saturated rings. The highest BCUT2D eigenvalue weighted by molar-refractivity contribution is 6.31. The number of hydrogen-bond donors (Lipinski definition) is 2. The van der Waals surface area contributed by atoms with Crippen LogP contribution < -0.4 is 10.1 Å². The Hall–Kier alpha value is -0.770. The summed E-state index contributed by atoms with van der Waals surface area (Å²) in [5.74, 6) is 1.65. The Morgan fingerprint density at radius 3 is 2.85 bits per heavy atom. The Morgan fingerprint density at radius 1 is 1.45 bits per heavy atom. The van der Waals surface area contributed by atoms with Crippen molar-refractivity contribution in [2.24, 2.45) is 5.92 Å². The molecule has 0 aromatic heterocycles. The average Bonchev–Trinajstić information content (AvgIpc) is 3.21. The molecule has 0 aliphatic heterocycles. The molecule has 20 heavy (non-hydrogen) atoms. The van der Waals surface area contributed by atoms with Crippen LogP contribution in [0.5, 0.6) is 5.75 Å². The van der Waals surface area contributed by atoms with Crippen molar-refractivity contribution in [3.05, 3.63) is 28.8 Å². The Kier molecular flexibility index (Phi) is 5.70. The number of rotatable bonds is 8. The van der Waals surface area contributed by atoms with Crippen molar-refractivity contribution in [3.63, 3.8) is 0 Å². The molecule has 0 saturated heterocycles. The Balaban J connectivity index is 1.65. The van der Waals surface area contributed by atoms with Crippen LogP contribution >= 0.6 is 11.6 Å². The van der Waals surface area contributed by atoms with Crippen LogP contribution in [0.25, 0.3) is 0 Å². The maximum atomic E-state index is 9.92. The van der Waals surface area contributed by atoms with E-state index in [0.29, 0.717) is 19.2 Å². The first-order valence-electron chi connectivity index (χ1n) is 7.35. The van der Waals surface area contributed by atoms with Crippen LogP contribution in [-0.4, -0.2) is 30.4 Å². The van der Waals surface area contributed by atoms with E-state index in [0.717, 1.165) is 22.3 Å². The molecule has 0 heterocycles. The highest BCUT2D eigenvalue weighted by Gasteiger charge is 2.23. The van der Waals surface area contributed by atoms with Crippen molar-refractivity contribution < 1.29 is 9.84 Å². The smallest absolute Gasteiger partial charge is 0.119 e. The van der Waals surface area contributed by atoms with Gasteiger partial charge in [-0.05, 0) is 49.9 Å².